The van der Waals surface area contributed by atoms with E-state index in [0.29, 0.717) is 0 Å². The van der Waals surface area contributed by atoms with E-state index >= 15 is 0 Å². The summed E-state index contributed by atoms with van der Waals surface area (Å²) >= 11 is 1.21. The maximum atomic E-state index is 13.6. The van der Waals surface area contributed by atoms with E-state index < -0.39 is 0 Å². The summed E-state index contributed by atoms with van der Waals surface area (Å²) in [5, 5.41) is 8.13. The van der Waals surface area contributed by atoms with Crippen LogP contribution in [0.15, 0.2) is 66.7 Å². The first-order valence-electron chi connectivity index (χ1n) is 7.23. The standard InChI is InChI=1S/C20H11FS/c21-20-11-18-16-6-5-14-9-12-3-1-2-4-13(12)10-17(14)15(16)7-8-19(18)22-20/h1-11H. The molecule has 4 aromatic carbocycles. The van der Waals surface area contributed by atoms with Crippen LogP contribution in [-0.4, -0.2) is 0 Å². The summed E-state index contributed by atoms with van der Waals surface area (Å²) in [5.41, 5.74) is 0. The molecule has 0 aliphatic heterocycles. The highest BCUT2D eigenvalue weighted by molar-refractivity contribution is 7.17. The predicted molar refractivity (Wildman–Crippen MR) is 94.3 cm³/mol. The molecule has 0 nitrogen and oxygen atoms in total. The molecule has 0 atom stereocenters. The van der Waals surface area contributed by atoms with Crippen molar-refractivity contribution in [3.8, 4) is 0 Å². The van der Waals surface area contributed by atoms with E-state index in [0.717, 1.165) is 15.5 Å². The Hall–Kier alpha value is -2.45. The fourth-order valence-corrected chi connectivity index (χ4v) is 4.12. The molecule has 1 aromatic heterocycles. The normalized spacial score (nSPS) is 11.9. The zero-order chi connectivity index (χ0) is 14.7. The summed E-state index contributed by atoms with van der Waals surface area (Å²) in [5.74, 6) is 0. The third kappa shape index (κ3) is 1.62. The van der Waals surface area contributed by atoms with Crippen LogP contribution >= 0.6 is 11.3 Å². The molecule has 0 N–H and O–H groups in total. The van der Waals surface area contributed by atoms with Crippen molar-refractivity contribution in [2.75, 3.05) is 0 Å². The van der Waals surface area contributed by atoms with Crippen molar-refractivity contribution in [2.24, 2.45) is 0 Å². The van der Waals surface area contributed by atoms with Gasteiger partial charge in [0, 0.05) is 10.1 Å². The summed E-state index contributed by atoms with van der Waals surface area (Å²) in [6.45, 7) is 0. The van der Waals surface area contributed by atoms with E-state index in [9.17, 15) is 4.39 Å². The van der Waals surface area contributed by atoms with Crippen molar-refractivity contribution < 1.29 is 4.39 Å². The molecule has 5 rings (SSSR count). The van der Waals surface area contributed by atoms with Crippen LogP contribution in [0.25, 0.3) is 42.4 Å². The van der Waals surface area contributed by atoms with Crippen LogP contribution in [0.5, 0.6) is 0 Å². The lowest BCUT2D eigenvalue weighted by atomic mass is 9.97. The lowest BCUT2D eigenvalue weighted by molar-refractivity contribution is 0.658. The number of hydrogen-bond acceptors (Lipinski definition) is 1. The number of fused-ring (bicyclic) bond motifs is 6. The molecule has 0 saturated heterocycles. The Labute approximate surface area is 130 Å². The number of halogens is 1. The molecule has 0 aliphatic carbocycles. The van der Waals surface area contributed by atoms with Crippen molar-refractivity contribution in [1.82, 2.24) is 0 Å². The molecule has 0 unspecified atom stereocenters. The van der Waals surface area contributed by atoms with Crippen LogP contribution in [0.4, 0.5) is 4.39 Å². The quantitative estimate of drug-likeness (QED) is 0.226. The summed E-state index contributed by atoms with van der Waals surface area (Å²) < 4.78 is 14.6. The molecule has 0 aliphatic rings. The Kier molecular flexibility index (Phi) is 2.36. The molecule has 0 saturated carbocycles. The smallest absolute Gasteiger partial charge is 0.177 e. The van der Waals surface area contributed by atoms with Crippen LogP contribution in [0, 0.1) is 5.13 Å². The molecule has 1 heterocycles. The Morgan fingerprint density at radius 3 is 2.18 bits per heavy atom. The molecule has 0 fully saturated rings. The monoisotopic (exact) mass is 302 g/mol. The molecule has 0 amide bonds. The van der Waals surface area contributed by atoms with Gasteiger partial charge in [-0.25, -0.2) is 0 Å². The number of hydrogen-bond donors (Lipinski definition) is 0. The van der Waals surface area contributed by atoms with Crippen molar-refractivity contribution in [3.63, 3.8) is 0 Å². The second kappa shape index (κ2) is 4.28. The maximum Gasteiger partial charge on any atom is 0.177 e. The molecule has 5 aromatic rings. The minimum absolute atomic E-state index is 0.124. The highest BCUT2D eigenvalue weighted by Crippen LogP contribution is 2.36. The first kappa shape index (κ1) is 12.1. The Bertz CT molecular complexity index is 1180. The average molecular weight is 302 g/mol. The van der Waals surface area contributed by atoms with Crippen LogP contribution in [0.2, 0.25) is 0 Å². The Morgan fingerprint density at radius 2 is 1.32 bits per heavy atom. The molecule has 22 heavy (non-hydrogen) atoms. The topological polar surface area (TPSA) is 0 Å². The van der Waals surface area contributed by atoms with E-state index in [1.54, 1.807) is 6.07 Å². The highest BCUT2D eigenvalue weighted by atomic mass is 32.1. The second-order valence-corrected chi connectivity index (χ2v) is 6.64. The number of rotatable bonds is 0. The molecular weight excluding hydrogens is 291 g/mol. The average Bonchev–Trinajstić information content (AvgIpc) is 2.93. The fourth-order valence-electron chi connectivity index (χ4n) is 3.32. The third-order valence-electron chi connectivity index (χ3n) is 4.35. The van der Waals surface area contributed by atoms with Gasteiger partial charge in [-0.1, -0.05) is 42.5 Å². The minimum atomic E-state index is -0.124. The van der Waals surface area contributed by atoms with Gasteiger partial charge in [-0.05, 0) is 56.6 Å². The first-order chi connectivity index (χ1) is 10.8. The highest BCUT2D eigenvalue weighted by Gasteiger charge is 2.08. The van der Waals surface area contributed by atoms with Gasteiger partial charge < -0.3 is 0 Å². The molecule has 2 heteroatoms. The predicted octanol–water partition coefficient (Wildman–Crippen LogP) is 6.50. The zero-order valence-electron chi connectivity index (χ0n) is 11.6. The van der Waals surface area contributed by atoms with E-state index in [1.165, 1.54) is 38.3 Å². The number of thiophene rings is 1. The summed E-state index contributed by atoms with van der Waals surface area (Å²) in [4.78, 5) is 0. The van der Waals surface area contributed by atoms with Gasteiger partial charge in [0.25, 0.3) is 0 Å². The summed E-state index contributed by atoms with van der Waals surface area (Å²) in [6, 6.07) is 22.9. The van der Waals surface area contributed by atoms with E-state index in [2.05, 4.69) is 54.6 Å². The van der Waals surface area contributed by atoms with Gasteiger partial charge in [-0.2, -0.15) is 4.39 Å². The maximum absolute atomic E-state index is 13.6. The van der Waals surface area contributed by atoms with Gasteiger partial charge in [-0.3, -0.25) is 0 Å². The Morgan fingerprint density at radius 1 is 0.591 bits per heavy atom. The van der Waals surface area contributed by atoms with Gasteiger partial charge in [0.1, 0.15) is 0 Å². The molecule has 104 valence electrons. The lowest BCUT2D eigenvalue weighted by Gasteiger charge is -2.07. The van der Waals surface area contributed by atoms with Crippen molar-refractivity contribution in [2.45, 2.75) is 0 Å². The molecular formula is C20H11FS. The van der Waals surface area contributed by atoms with Gasteiger partial charge in [0.15, 0.2) is 5.13 Å². The minimum Gasteiger partial charge on any atom is -0.195 e. The molecule has 0 spiro atoms. The van der Waals surface area contributed by atoms with Gasteiger partial charge in [0.2, 0.25) is 0 Å². The van der Waals surface area contributed by atoms with Crippen LogP contribution in [-0.2, 0) is 0 Å². The van der Waals surface area contributed by atoms with E-state index in [1.807, 2.05) is 6.07 Å². The van der Waals surface area contributed by atoms with Crippen molar-refractivity contribution >= 4 is 53.7 Å². The van der Waals surface area contributed by atoms with Gasteiger partial charge in [0.05, 0.1) is 0 Å². The largest absolute Gasteiger partial charge is 0.195 e. The first-order valence-corrected chi connectivity index (χ1v) is 8.04. The van der Waals surface area contributed by atoms with E-state index in [-0.39, 0.29) is 5.13 Å². The second-order valence-electron chi connectivity index (χ2n) is 5.61. The molecule has 0 radical (unpaired) electrons. The molecule has 0 bridgehead atoms. The summed E-state index contributed by atoms with van der Waals surface area (Å²) in [7, 11) is 0. The van der Waals surface area contributed by atoms with Gasteiger partial charge >= 0.3 is 0 Å². The fraction of sp³-hybridized carbons (Fsp3) is 0. The third-order valence-corrected chi connectivity index (χ3v) is 5.24. The van der Waals surface area contributed by atoms with Crippen LogP contribution in [0.3, 0.4) is 0 Å². The number of benzene rings is 4. The van der Waals surface area contributed by atoms with Crippen LogP contribution < -0.4 is 0 Å². The summed E-state index contributed by atoms with van der Waals surface area (Å²) in [6.07, 6.45) is 0. The van der Waals surface area contributed by atoms with Crippen LogP contribution in [0.1, 0.15) is 0 Å². The van der Waals surface area contributed by atoms with Crippen molar-refractivity contribution in [1.29, 1.82) is 0 Å². The lowest BCUT2D eigenvalue weighted by Crippen LogP contribution is -1.80. The van der Waals surface area contributed by atoms with E-state index in [4.69, 9.17) is 0 Å². The SMILES string of the molecule is Fc1cc2c(ccc3c4cc5ccccc5cc4ccc23)s1. The van der Waals surface area contributed by atoms with Gasteiger partial charge in [-0.15, -0.1) is 11.3 Å². The van der Waals surface area contributed by atoms with Crippen molar-refractivity contribution in [3.05, 3.63) is 71.9 Å². The Balaban J connectivity index is 2.01. The zero-order valence-corrected chi connectivity index (χ0v) is 12.5.